The van der Waals surface area contributed by atoms with Crippen molar-refractivity contribution >= 4 is 17.3 Å². The number of hydrogen-bond acceptors (Lipinski definition) is 3. The van der Waals surface area contributed by atoms with Gasteiger partial charge in [0.05, 0.1) is 18.5 Å². The standard InChI is InChI=1S/C15H15FN2O2/c1-9-3-4-10(16)7-12(9)15(19)18-14-6-5-11(20-2)8-13(14)17/h3-8H,17H2,1-2H3,(H,18,19). The van der Waals surface area contributed by atoms with E-state index in [-0.39, 0.29) is 5.56 Å². The molecule has 3 N–H and O–H groups in total. The first-order valence-corrected chi connectivity index (χ1v) is 6.02. The Labute approximate surface area is 116 Å². The van der Waals surface area contributed by atoms with E-state index >= 15 is 0 Å². The molecule has 0 heterocycles. The van der Waals surface area contributed by atoms with Crippen molar-refractivity contribution in [2.75, 3.05) is 18.2 Å². The van der Waals surface area contributed by atoms with Gasteiger partial charge in [-0.25, -0.2) is 4.39 Å². The van der Waals surface area contributed by atoms with E-state index in [1.165, 1.54) is 19.2 Å². The molecule has 0 bridgehead atoms. The van der Waals surface area contributed by atoms with Crippen LogP contribution in [0.3, 0.4) is 0 Å². The summed E-state index contributed by atoms with van der Waals surface area (Å²) in [5.41, 5.74) is 7.63. The van der Waals surface area contributed by atoms with Crippen LogP contribution < -0.4 is 15.8 Å². The molecule has 20 heavy (non-hydrogen) atoms. The molecule has 2 aromatic rings. The van der Waals surface area contributed by atoms with E-state index in [2.05, 4.69) is 5.32 Å². The van der Waals surface area contributed by atoms with Crippen molar-refractivity contribution in [3.63, 3.8) is 0 Å². The van der Waals surface area contributed by atoms with Crippen LogP contribution in [0.5, 0.6) is 5.75 Å². The molecule has 2 aromatic carbocycles. The molecule has 5 heteroatoms. The van der Waals surface area contributed by atoms with Crippen LogP contribution in [-0.4, -0.2) is 13.0 Å². The van der Waals surface area contributed by atoms with Gasteiger partial charge in [-0.3, -0.25) is 4.79 Å². The monoisotopic (exact) mass is 274 g/mol. The molecule has 0 saturated heterocycles. The summed E-state index contributed by atoms with van der Waals surface area (Å²) in [6.07, 6.45) is 0. The maximum atomic E-state index is 13.2. The molecule has 0 aliphatic carbocycles. The second kappa shape index (κ2) is 5.61. The number of nitrogens with two attached hydrogens (primary N) is 1. The lowest BCUT2D eigenvalue weighted by Crippen LogP contribution is -2.14. The fourth-order valence-corrected chi connectivity index (χ4v) is 1.81. The minimum absolute atomic E-state index is 0.278. The van der Waals surface area contributed by atoms with Gasteiger partial charge in [-0.1, -0.05) is 6.07 Å². The molecule has 4 nitrogen and oxygen atoms in total. The third-order valence-corrected chi connectivity index (χ3v) is 2.95. The third-order valence-electron chi connectivity index (χ3n) is 2.95. The van der Waals surface area contributed by atoms with Crippen LogP contribution in [0.25, 0.3) is 0 Å². The highest BCUT2D eigenvalue weighted by Gasteiger charge is 2.12. The van der Waals surface area contributed by atoms with Gasteiger partial charge in [0.15, 0.2) is 0 Å². The van der Waals surface area contributed by atoms with Crippen LogP contribution in [0.15, 0.2) is 36.4 Å². The molecule has 0 fully saturated rings. The number of nitrogens with one attached hydrogen (secondary N) is 1. The minimum Gasteiger partial charge on any atom is -0.497 e. The number of ether oxygens (including phenoxy) is 1. The fraction of sp³-hybridized carbons (Fsp3) is 0.133. The van der Waals surface area contributed by atoms with Crippen LogP contribution in [0.4, 0.5) is 15.8 Å². The van der Waals surface area contributed by atoms with Gasteiger partial charge in [0.1, 0.15) is 11.6 Å². The number of halogens is 1. The second-order valence-electron chi connectivity index (χ2n) is 4.37. The van der Waals surface area contributed by atoms with Crippen molar-refractivity contribution in [3.8, 4) is 5.75 Å². The Morgan fingerprint density at radius 3 is 2.65 bits per heavy atom. The molecule has 0 spiro atoms. The molecular weight excluding hydrogens is 259 g/mol. The van der Waals surface area contributed by atoms with E-state index < -0.39 is 11.7 Å². The number of amides is 1. The Morgan fingerprint density at radius 1 is 1.25 bits per heavy atom. The van der Waals surface area contributed by atoms with Gasteiger partial charge in [-0.05, 0) is 36.8 Å². The molecular formula is C15H15FN2O2. The van der Waals surface area contributed by atoms with Crippen molar-refractivity contribution in [3.05, 3.63) is 53.3 Å². The van der Waals surface area contributed by atoms with Gasteiger partial charge in [0.25, 0.3) is 5.91 Å². The number of aryl methyl sites for hydroxylation is 1. The quantitative estimate of drug-likeness (QED) is 0.846. The molecule has 0 radical (unpaired) electrons. The first-order valence-electron chi connectivity index (χ1n) is 6.02. The molecule has 0 saturated carbocycles. The van der Waals surface area contributed by atoms with Gasteiger partial charge in [0, 0.05) is 11.6 Å². The minimum atomic E-state index is -0.455. The maximum absolute atomic E-state index is 13.2. The lowest BCUT2D eigenvalue weighted by atomic mass is 10.1. The Bertz CT molecular complexity index is 656. The zero-order valence-electron chi connectivity index (χ0n) is 11.2. The zero-order valence-corrected chi connectivity index (χ0v) is 11.2. The number of hydrogen-bond donors (Lipinski definition) is 2. The predicted molar refractivity (Wildman–Crippen MR) is 76.5 cm³/mol. The molecule has 0 aliphatic heterocycles. The van der Waals surface area contributed by atoms with Crippen LogP contribution in [0.1, 0.15) is 15.9 Å². The molecule has 1 amide bonds. The molecule has 0 unspecified atom stereocenters. The average molecular weight is 274 g/mol. The zero-order chi connectivity index (χ0) is 14.7. The van der Waals surface area contributed by atoms with Gasteiger partial charge in [0.2, 0.25) is 0 Å². The number of rotatable bonds is 3. The van der Waals surface area contributed by atoms with E-state index in [4.69, 9.17) is 10.5 Å². The second-order valence-corrected chi connectivity index (χ2v) is 4.37. The maximum Gasteiger partial charge on any atom is 0.256 e. The summed E-state index contributed by atoms with van der Waals surface area (Å²) in [7, 11) is 1.53. The molecule has 104 valence electrons. The molecule has 2 rings (SSSR count). The molecule has 0 aromatic heterocycles. The summed E-state index contributed by atoms with van der Waals surface area (Å²) >= 11 is 0. The van der Waals surface area contributed by atoms with Crippen LogP contribution in [0.2, 0.25) is 0 Å². The van der Waals surface area contributed by atoms with Gasteiger partial charge in [-0.15, -0.1) is 0 Å². The number of methoxy groups -OCH3 is 1. The summed E-state index contributed by atoms with van der Waals surface area (Å²) in [5.74, 6) is -0.259. The van der Waals surface area contributed by atoms with Crippen molar-refractivity contribution in [2.24, 2.45) is 0 Å². The van der Waals surface area contributed by atoms with Gasteiger partial charge >= 0.3 is 0 Å². The summed E-state index contributed by atoms with van der Waals surface area (Å²) < 4.78 is 18.2. The Morgan fingerprint density at radius 2 is 2.00 bits per heavy atom. The highest BCUT2D eigenvalue weighted by atomic mass is 19.1. The number of anilines is 2. The molecule has 0 aliphatic rings. The van der Waals surface area contributed by atoms with Crippen molar-refractivity contribution < 1.29 is 13.9 Å². The van der Waals surface area contributed by atoms with E-state index in [1.807, 2.05) is 0 Å². The topological polar surface area (TPSA) is 64.3 Å². The predicted octanol–water partition coefficient (Wildman–Crippen LogP) is 2.98. The smallest absolute Gasteiger partial charge is 0.256 e. The fourth-order valence-electron chi connectivity index (χ4n) is 1.81. The third kappa shape index (κ3) is 2.88. The van der Waals surface area contributed by atoms with E-state index in [0.29, 0.717) is 22.7 Å². The van der Waals surface area contributed by atoms with Crippen molar-refractivity contribution in [2.45, 2.75) is 6.92 Å². The number of nitrogen functional groups attached to an aromatic ring is 1. The Kier molecular flexibility index (Phi) is 3.89. The van der Waals surface area contributed by atoms with Gasteiger partial charge in [-0.2, -0.15) is 0 Å². The summed E-state index contributed by atoms with van der Waals surface area (Å²) in [6, 6.07) is 9.00. The average Bonchev–Trinajstić information content (AvgIpc) is 2.43. The first kappa shape index (κ1) is 13.9. The van der Waals surface area contributed by atoms with E-state index in [1.54, 1.807) is 31.2 Å². The Balaban J connectivity index is 2.25. The van der Waals surface area contributed by atoms with E-state index in [0.717, 1.165) is 0 Å². The lowest BCUT2D eigenvalue weighted by Gasteiger charge is -2.11. The summed E-state index contributed by atoms with van der Waals surface area (Å²) in [5, 5.41) is 2.66. The first-order chi connectivity index (χ1) is 9.51. The normalized spacial score (nSPS) is 10.2. The Hall–Kier alpha value is -2.56. The highest BCUT2D eigenvalue weighted by molar-refractivity contribution is 6.06. The summed E-state index contributed by atoms with van der Waals surface area (Å²) in [6.45, 7) is 1.74. The summed E-state index contributed by atoms with van der Waals surface area (Å²) in [4.78, 5) is 12.1. The van der Waals surface area contributed by atoms with Crippen molar-refractivity contribution in [1.29, 1.82) is 0 Å². The highest BCUT2D eigenvalue weighted by Crippen LogP contribution is 2.25. The number of carbonyl (C=O) groups is 1. The lowest BCUT2D eigenvalue weighted by molar-refractivity contribution is 0.102. The number of benzene rings is 2. The van der Waals surface area contributed by atoms with Crippen LogP contribution >= 0.6 is 0 Å². The number of carbonyl (C=O) groups excluding carboxylic acids is 1. The van der Waals surface area contributed by atoms with Crippen LogP contribution in [0, 0.1) is 12.7 Å². The largest absolute Gasteiger partial charge is 0.497 e. The SMILES string of the molecule is COc1ccc(NC(=O)c2cc(F)ccc2C)c(N)c1. The van der Waals surface area contributed by atoms with Gasteiger partial charge < -0.3 is 15.8 Å². The van der Waals surface area contributed by atoms with E-state index in [9.17, 15) is 9.18 Å². The van der Waals surface area contributed by atoms with Crippen molar-refractivity contribution in [1.82, 2.24) is 0 Å². The molecule has 0 atom stereocenters. The van der Waals surface area contributed by atoms with Crippen LogP contribution in [-0.2, 0) is 0 Å².